The van der Waals surface area contributed by atoms with Crippen LogP contribution in [-0.4, -0.2) is 24.0 Å². The molecule has 0 bridgehead atoms. The zero-order valence-electron chi connectivity index (χ0n) is 9.18. The number of carbonyl (C=O) groups excluding carboxylic acids is 1. The third kappa shape index (κ3) is 4.67. The minimum atomic E-state index is -0.143. The van der Waals surface area contributed by atoms with Crippen molar-refractivity contribution in [3.8, 4) is 0 Å². The number of carbonyl (C=O) groups is 1. The Hall–Kier alpha value is -1.26. The van der Waals surface area contributed by atoms with Crippen molar-refractivity contribution in [2.24, 2.45) is 5.73 Å². The third-order valence-electron chi connectivity index (χ3n) is 2.59. The maximum absolute atomic E-state index is 11.5. The molecular weight excluding hydrogens is 192 g/mol. The van der Waals surface area contributed by atoms with Crippen LogP contribution in [0, 0.1) is 5.41 Å². The molecule has 0 aliphatic heterocycles. The van der Waals surface area contributed by atoms with E-state index in [4.69, 9.17) is 11.1 Å². The van der Waals surface area contributed by atoms with Gasteiger partial charge in [-0.25, -0.2) is 4.79 Å². The van der Waals surface area contributed by atoms with E-state index in [0.29, 0.717) is 12.5 Å². The molecule has 5 heteroatoms. The summed E-state index contributed by atoms with van der Waals surface area (Å²) in [5, 5.41) is 12.8. The number of nitrogens with two attached hydrogens (primary N) is 1. The minimum absolute atomic E-state index is 0.0797. The lowest BCUT2D eigenvalue weighted by Crippen LogP contribution is -2.45. The summed E-state index contributed by atoms with van der Waals surface area (Å²) in [5.74, 6) is 0.101. The highest BCUT2D eigenvalue weighted by Gasteiger charge is 2.17. The lowest BCUT2D eigenvalue weighted by atomic mass is 10.2. The largest absolute Gasteiger partial charge is 0.388 e. The number of hydrogen-bond donors (Lipinski definition) is 4. The Morgan fingerprint density at radius 2 is 2.13 bits per heavy atom. The van der Waals surface area contributed by atoms with Crippen molar-refractivity contribution in [2.75, 3.05) is 0 Å². The predicted octanol–water partition coefficient (Wildman–Crippen LogP) is 0.943. The fraction of sp³-hybridized carbons (Fsp3) is 0.800. The first-order valence-corrected chi connectivity index (χ1v) is 5.48. The van der Waals surface area contributed by atoms with Crippen LogP contribution in [0.3, 0.4) is 0 Å². The summed E-state index contributed by atoms with van der Waals surface area (Å²) in [6.07, 6.45) is 4.96. The topological polar surface area (TPSA) is 91.0 Å². The maximum Gasteiger partial charge on any atom is 0.315 e. The number of urea groups is 1. The fourth-order valence-corrected chi connectivity index (χ4v) is 1.90. The molecule has 1 atom stereocenters. The van der Waals surface area contributed by atoms with E-state index in [2.05, 4.69) is 10.6 Å². The highest BCUT2D eigenvalue weighted by molar-refractivity contribution is 5.79. The molecule has 5 nitrogen and oxygen atoms in total. The summed E-state index contributed by atoms with van der Waals surface area (Å²) in [6.45, 7) is 1.84. The second kappa shape index (κ2) is 5.58. The van der Waals surface area contributed by atoms with Gasteiger partial charge < -0.3 is 16.4 Å². The first-order valence-electron chi connectivity index (χ1n) is 5.48. The smallest absolute Gasteiger partial charge is 0.315 e. The van der Waals surface area contributed by atoms with Gasteiger partial charge >= 0.3 is 6.03 Å². The highest BCUT2D eigenvalue weighted by atomic mass is 16.2. The summed E-state index contributed by atoms with van der Waals surface area (Å²) in [7, 11) is 0. The maximum atomic E-state index is 11.5. The van der Waals surface area contributed by atoms with Gasteiger partial charge in [0.15, 0.2) is 0 Å². The Bertz CT molecular complexity index is 236. The van der Waals surface area contributed by atoms with E-state index >= 15 is 0 Å². The molecule has 0 aromatic heterocycles. The van der Waals surface area contributed by atoms with Gasteiger partial charge in [-0.1, -0.05) is 12.8 Å². The quantitative estimate of drug-likeness (QED) is 0.412. The van der Waals surface area contributed by atoms with E-state index in [-0.39, 0.29) is 17.9 Å². The number of nitrogens with one attached hydrogen (secondary N) is 3. The lowest BCUT2D eigenvalue weighted by Gasteiger charge is -2.16. The molecule has 1 fully saturated rings. The molecule has 0 radical (unpaired) electrons. The monoisotopic (exact) mass is 212 g/mol. The standard InChI is InChI=1S/C10H20N4O/c1-7(6-9(11)12)13-10(15)14-8-4-2-3-5-8/h7-8H,2-6H2,1H3,(H3,11,12)(H2,13,14,15). The van der Waals surface area contributed by atoms with Crippen LogP contribution >= 0.6 is 0 Å². The first-order chi connectivity index (χ1) is 7.08. The van der Waals surface area contributed by atoms with Gasteiger partial charge in [0.25, 0.3) is 0 Å². The Morgan fingerprint density at radius 3 is 2.67 bits per heavy atom. The predicted molar refractivity (Wildman–Crippen MR) is 59.9 cm³/mol. The summed E-state index contributed by atoms with van der Waals surface area (Å²) >= 11 is 0. The Kier molecular flexibility index (Phi) is 4.39. The summed E-state index contributed by atoms with van der Waals surface area (Å²) in [4.78, 5) is 11.5. The molecule has 1 aliphatic rings. The third-order valence-corrected chi connectivity index (χ3v) is 2.59. The van der Waals surface area contributed by atoms with Gasteiger partial charge in [-0.2, -0.15) is 0 Å². The van der Waals surface area contributed by atoms with Crippen molar-refractivity contribution in [1.82, 2.24) is 10.6 Å². The Labute approximate surface area is 90.3 Å². The molecule has 1 aliphatic carbocycles. The van der Waals surface area contributed by atoms with Gasteiger partial charge in [0, 0.05) is 18.5 Å². The second-order valence-corrected chi connectivity index (χ2v) is 4.23. The van der Waals surface area contributed by atoms with Crippen molar-refractivity contribution in [3.05, 3.63) is 0 Å². The van der Waals surface area contributed by atoms with Crippen LogP contribution in [0.2, 0.25) is 0 Å². The number of amidine groups is 1. The summed E-state index contributed by atoms with van der Waals surface area (Å²) in [6, 6.07) is 0.106. The van der Waals surface area contributed by atoms with Crippen LogP contribution in [0.25, 0.3) is 0 Å². The van der Waals surface area contributed by atoms with Gasteiger partial charge in [0.1, 0.15) is 0 Å². The van der Waals surface area contributed by atoms with Crippen LogP contribution < -0.4 is 16.4 Å². The molecule has 0 aromatic rings. The van der Waals surface area contributed by atoms with Crippen molar-refractivity contribution in [1.29, 1.82) is 5.41 Å². The van der Waals surface area contributed by atoms with Gasteiger partial charge in [0.2, 0.25) is 0 Å². The number of hydrogen-bond acceptors (Lipinski definition) is 2. The van der Waals surface area contributed by atoms with Crippen LogP contribution in [0.4, 0.5) is 4.79 Å². The zero-order valence-corrected chi connectivity index (χ0v) is 9.18. The fourth-order valence-electron chi connectivity index (χ4n) is 1.90. The number of amides is 2. The summed E-state index contributed by atoms with van der Waals surface area (Å²) in [5.41, 5.74) is 5.24. The molecule has 0 heterocycles. The van der Waals surface area contributed by atoms with Gasteiger partial charge in [-0.05, 0) is 19.8 Å². The molecule has 1 saturated carbocycles. The first kappa shape index (κ1) is 11.8. The molecule has 0 spiro atoms. The highest BCUT2D eigenvalue weighted by Crippen LogP contribution is 2.17. The molecule has 15 heavy (non-hydrogen) atoms. The summed E-state index contributed by atoms with van der Waals surface area (Å²) < 4.78 is 0. The van der Waals surface area contributed by atoms with E-state index < -0.39 is 0 Å². The second-order valence-electron chi connectivity index (χ2n) is 4.23. The molecule has 0 aromatic carbocycles. The zero-order chi connectivity index (χ0) is 11.3. The molecule has 2 amide bonds. The van der Waals surface area contributed by atoms with E-state index in [1.807, 2.05) is 6.92 Å². The molecule has 1 rings (SSSR count). The molecular formula is C10H20N4O. The van der Waals surface area contributed by atoms with Gasteiger partial charge in [-0.3, -0.25) is 5.41 Å². The average Bonchev–Trinajstić information content (AvgIpc) is 2.53. The van der Waals surface area contributed by atoms with Crippen LogP contribution in [0.5, 0.6) is 0 Å². The minimum Gasteiger partial charge on any atom is -0.388 e. The van der Waals surface area contributed by atoms with Crippen molar-refractivity contribution >= 4 is 11.9 Å². The lowest BCUT2D eigenvalue weighted by molar-refractivity contribution is 0.234. The molecule has 5 N–H and O–H groups in total. The normalized spacial score (nSPS) is 18.5. The number of rotatable bonds is 4. The van der Waals surface area contributed by atoms with E-state index in [0.717, 1.165) is 12.8 Å². The van der Waals surface area contributed by atoms with Gasteiger partial charge in [0.05, 0.1) is 5.84 Å². The van der Waals surface area contributed by atoms with Crippen molar-refractivity contribution in [3.63, 3.8) is 0 Å². The van der Waals surface area contributed by atoms with Crippen LogP contribution in [-0.2, 0) is 0 Å². The molecule has 86 valence electrons. The Morgan fingerprint density at radius 1 is 1.53 bits per heavy atom. The van der Waals surface area contributed by atoms with E-state index in [1.165, 1.54) is 12.8 Å². The van der Waals surface area contributed by atoms with Crippen LogP contribution in [0.1, 0.15) is 39.0 Å². The van der Waals surface area contributed by atoms with Crippen molar-refractivity contribution < 1.29 is 4.79 Å². The van der Waals surface area contributed by atoms with E-state index in [1.54, 1.807) is 0 Å². The van der Waals surface area contributed by atoms with Crippen LogP contribution in [0.15, 0.2) is 0 Å². The molecule has 1 unspecified atom stereocenters. The van der Waals surface area contributed by atoms with Gasteiger partial charge in [-0.15, -0.1) is 0 Å². The Balaban J connectivity index is 2.19. The average molecular weight is 212 g/mol. The molecule has 0 saturated heterocycles. The van der Waals surface area contributed by atoms with E-state index in [9.17, 15) is 4.79 Å². The van der Waals surface area contributed by atoms with Crippen molar-refractivity contribution in [2.45, 2.75) is 51.1 Å². The SMILES string of the molecule is CC(CC(=N)N)NC(=O)NC1CCCC1.